The van der Waals surface area contributed by atoms with Crippen LogP contribution in [0.3, 0.4) is 0 Å². The molecule has 0 atom stereocenters. The first kappa shape index (κ1) is 9.90. The van der Waals surface area contributed by atoms with Crippen molar-refractivity contribution in [2.24, 2.45) is 0 Å². The van der Waals surface area contributed by atoms with Crippen LogP contribution in [-0.2, 0) is 4.79 Å². The Bertz CT molecular complexity index is 395. The fraction of sp³-hybridized carbons (Fsp3) is 0.333. The van der Waals surface area contributed by atoms with E-state index in [2.05, 4.69) is 17.2 Å². The molecular formula is C12H14N2O. The Labute approximate surface area is 89.2 Å². The summed E-state index contributed by atoms with van der Waals surface area (Å²) >= 11 is 0. The molecule has 0 bridgehead atoms. The van der Waals surface area contributed by atoms with Crippen LogP contribution in [0.5, 0.6) is 0 Å². The second kappa shape index (κ2) is 4.26. The highest BCUT2D eigenvalue weighted by Gasteiger charge is 2.20. The lowest BCUT2D eigenvalue weighted by Gasteiger charge is -2.05. The lowest BCUT2D eigenvalue weighted by Crippen LogP contribution is -2.14. The molecule has 2 rings (SSSR count). The van der Waals surface area contributed by atoms with Gasteiger partial charge in [-0.3, -0.25) is 9.78 Å². The molecule has 15 heavy (non-hydrogen) atoms. The molecule has 0 radical (unpaired) electrons. The van der Waals surface area contributed by atoms with Crippen molar-refractivity contribution < 1.29 is 4.79 Å². The van der Waals surface area contributed by atoms with Crippen LogP contribution < -0.4 is 5.32 Å². The van der Waals surface area contributed by atoms with E-state index in [1.54, 1.807) is 12.4 Å². The fourth-order valence-corrected chi connectivity index (χ4v) is 1.86. The number of rotatable bonds is 3. The van der Waals surface area contributed by atoms with Crippen molar-refractivity contribution >= 4 is 11.6 Å². The first-order chi connectivity index (χ1) is 7.31. The summed E-state index contributed by atoms with van der Waals surface area (Å²) in [4.78, 5) is 15.3. The van der Waals surface area contributed by atoms with Crippen molar-refractivity contribution in [1.29, 1.82) is 0 Å². The molecule has 0 fully saturated rings. The van der Waals surface area contributed by atoms with E-state index < -0.39 is 0 Å². The zero-order valence-corrected chi connectivity index (χ0v) is 8.79. The van der Waals surface area contributed by atoms with Crippen molar-refractivity contribution in [3.8, 4) is 0 Å². The molecular weight excluding hydrogens is 188 g/mol. The summed E-state index contributed by atoms with van der Waals surface area (Å²) in [6, 6.07) is 3.85. The summed E-state index contributed by atoms with van der Waals surface area (Å²) in [5, 5.41) is 2.92. The van der Waals surface area contributed by atoms with Crippen LogP contribution in [-0.4, -0.2) is 10.9 Å². The summed E-state index contributed by atoms with van der Waals surface area (Å²) in [6.45, 7) is 2.12. The first-order valence-corrected chi connectivity index (χ1v) is 5.23. The van der Waals surface area contributed by atoms with E-state index in [0.29, 0.717) is 6.42 Å². The van der Waals surface area contributed by atoms with E-state index >= 15 is 0 Å². The summed E-state index contributed by atoms with van der Waals surface area (Å²) in [5.41, 5.74) is 3.26. The van der Waals surface area contributed by atoms with Crippen molar-refractivity contribution in [2.45, 2.75) is 26.2 Å². The minimum Gasteiger partial charge on any atom is -0.325 e. The molecule has 1 aromatic heterocycles. The van der Waals surface area contributed by atoms with Gasteiger partial charge in [0.1, 0.15) is 0 Å². The van der Waals surface area contributed by atoms with E-state index in [9.17, 15) is 4.79 Å². The number of amides is 1. The number of nitrogens with zero attached hydrogens (tertiary/aromatic N) is 1. The molecule has 0 saturated carbocycles. The predicted molar refractivity (Wildman–Crippen MR) is 58.8 cm³/mol. The molecule has 3 heteroatoms. The normalized spacial score (nSPS) is 15.7. The van der Waals surface area contributed by atoms with Crippen LogP contribution in [0.15, 0.2) is 30.1 Å². The summed E-state index contributed by atoms with van der Waals surface area (Å²) < 4.78 is 0. The Balaban J connectivity index is 2.33. The van der Waals surface area contributed by atoms with Crippen molar-refractivity contribution in [3.05, 3.63) is 35.7 Å². The number of nitrogens with one attached hydrogen (secondary N) is 1. The third kappa shape index (κ3) is 2.06. The average molecular weight is 202 g/mol. The number of hydrogen-bond donors (Lipinski definition) is 1. The van der Waals surface area contributed by atoms with Crippen LogP contribution in [0.25, 0.3) is 5.70 Å². The van der Waals surface area contributed by atoms with Crippen molar-refractivity contribution in [2.75, 3.05) is 0 Å². The molecule has 0 aromatic carbocycles. The minimum absolute atomic E-state index is 0.102. The van der Waals surface area contributed by atoms with Gasteiger partial charge >= 0.3 is 0 Å². The highest BCUT2D eigenvalue weighted by atomic mass is 16.1. The predicted octanol–water partition coefficient (Wildman–Crippen LogP) is 2.11. The van der Waals surface area contributed by atoms with Crippen molar-refractivity contribution in [1.82, 2.24) is 10.3 Å². The Kier molecular flexibility index (Phi) is 2.81. The molecule has 1 amide bonds. The number of carbonyl (C=O) groups is 1. The maximum absolute atomic E-state index is 11.3. The largest absolute Gasteiger partial charge is 0.325 e. The quantitative estimate of drug-likeness (QED) is 0.815. The Morgan fingerprint density at radius 3 is 2.80 bits per heavy atom. The number of aromatic nitrogens is 1. The smallest absolute Gasteiger partial charge is 0.228 e. The lowest BCUT2D eigenvalue weighted by molar-refractivity contribution is -0.118. The number of hydrogen-bond acceptors (Lipinski definition) is 2. The van der Waals surface area contributed by atoms with Gasteiger partial charge < -0.3 is 5.32 Å². The second-order valence-electron chi connectivity index (χ2n) is 3.69. The second-order valence-corrected chi connectivity index (χ2v) is 3.69. The van der Waals surface area contributed by atoms with E-state index in [4.69, 9.17) is 0 Å². The van der Waals surface area contributed by atoms with Crippen LogP contribution in [0.1, 0.15) is 31.7 Å². The maximum atomic E-state index is 11.3. The third-order valence-corrected chi connectivity index (χ3v) is 2.51. The van der Waals surface area contributed by atoms with Crippen molar-refractivity contribution in [3.63, 3.8) is 0 Å². The van der Waals surface area contributed by atoms with Gasteiger partial charge in [0.25, 0.3) is 0 Å². The number of pyridine rings is 1. The Morgan fingerprint density at radius 1 is 1.40 bits per heavy atom. The molecule has 0 spiro atoms. The molecule has 1 aliphatic rings. The molecule has 1 aromatic rings. The highest BCUT2D eigenvalue weighted by molar-refractivity contribution is 5.95. The topological polar surface area (TPSA) is 42.0 Å². The van der Waals surface area contributed by atoms with Crippen LogP contribution >= 0.6 is 0 Å². The Hall–Kier alpha value is -1.64. The molecule has 3 nitrogen and oxygen atoms in total. The molecule has 0 unspecified atom stereocenters. The monoisotopic (exact) mass is 202 g/mol. The standard InChI is InChI=1S/C12H14N2O/c1-2-3-10-8-11(15)14-12(10)9-4-6-13-7-5-9/h4-7H,2-3,8H2,1H3,(H,14,15). The molecule has 0 aliphatic carbocycles. The maximum Gasteiger partial charge on any atom is 0.228 e. The summed E-state index contributed by atoms with van der Waals surface area (Å²) in [7, 11) is 0. The first-order valence-electron chi connectivity index (χ1n) is 5.23. The van der Waals surface area contributed by atoms with E-state index in [0.717, 1.165) is 24.1 Å². The highest BCUT2D eigenvalue weighted by Crippen LogP contribution is 2.26. The average Bonchev–Trinajstić information content (AvgIpc) is 2.62. The molecule has 1 aliphatic heterocycles. The minimum atomic E-state index is 0.102. The zero-order valence-electron chi connectivity index (χ0n) is 8.79. The van der Waals surface area contributed by atoms with Gasteiger partial charge in [-0.25, -0.2) is 0 Å². The third-order valence-electron chi connectivity index (χ3n) is 2.51. The van der Waals surface area contributed by atoms with Gasteiger partial charge in [0.15, 0.2) is 0 Å². The van der Waals surface area contributed by atoms with E-state index in [-0.39, 0.29) is 5.91 Å². The molecule has 78 valence electrons. The van der Waals surface area contributed by atoms with Gasteiger partial charge in [-0.15, -0.1) is 0 Å². The Morgan fingerprint density at radius 2 is 2.13 bits per heavy atom. The summed E-state index contributed by atoms with van der Waals surface area (Å²) in [5.74, 6) is 0.102. The van der Waals surface area contributed by atoms with Crippen LogP contribution in [0.4, 0.5) is 0 Å². The molecule has 0 saturated heterocycles. The van der Waals surface area contributed by atoms with Gasteiger partial charge in [-0.05, 0) is 24.1 Å². The fourth-order valence-electron chi connectivity index (χ4n) is 1.86. The zero-order chi connectivity index (χ0) is 10.7. The lowest BCUT2D eigenvalue weighted by atomic mass is 10.0. The van der Waals surface area contributed by atoms with Crippen LogP contribution in [0, 0.1) is 0 Å². The summed E-state index contributed by atoms with van der Waals surface area (Å²) in [6.07, 6.45) is 6.09. The molecule has 1 N–H and O–H groups in total. The number of carbonyl (C=O) groups excluding carboxylic acids is 1. The van der Waals surface area contributed by atoms with E-state index in [1.807, 2.05) is 12.1 Å². The SMILES string of the molecule is CCCC1=C(c2ccncc2)NC(=O)C1. The van der Waals surface area contributed by atoms with Gasteiger partial charge in [-0.1, -0.05) is 13.3 Å². The molecule has 2 heterocycles. The van der Waals surface area contributed by atoms with Gasteiger partial charge in [-0.2, -0.15) is 0 Å². The van der Waals surface area contributed by atoms with Gasteiger partial charge in [0, 0.05) is 23.7 Å². The van der Waals surface area contributed by atoms with Gasteiger partial charge in [0.2, 0.25) is 5.91 Å². The van der Waals surface area contributed by atoms with Gasteiger partial charge in [0.05, 0.1) is 6.42 Å². The van der Waals surface area contributed by atoms with Crippen LogP contribution in [0.2, 0.25) is 0 Å². The van der Waals surface area contributed by atoms with E-state index in [1.165, 1.54) is 5.57 Å².